The van der Waals surface area contributed by atoms with Crippen LogP contribution in [0.4, 0.5) is 0 Å². The second kappa shape index (κ2) is 2.89. The molecule has 3 heteroatoms. The number of fused-ring (bicyclic) bond motifs is 1. The van der Waals surface area contributed by atoms with Crippen LogP contribution in [0, 0.1) is 6.92 Å². The summed E-state index contributed by atoms with van der Waals surface area (Å²) >= 11 is 5.96. The van der Waals surface area contributed by atoms with Crippen molar-refractivity contribution in [3.8, 4) is 0 Å². The molecule has 0 aliphatic heterocycles. The summed E-state index contributed by atoms with van der Waals surface area (Å²) in [5.41, 5.74) is 1.75. The molecule has 0 spiro atoms. The Balaban J connectivity index is 3.00. The molecular formula is C10H8ClNO. The van der Waals surface area contributed by atoms with Crippen LogP contribution in [0.25, 0.3) is 10.9 Å². The van der Waals surface area contributed by atoms with Gasteiger partial charge >= 0.3 is 0 Å². The molecule has 66 valence electrons. The first-order valence-corrected chi connectivity index (χ1v) is 4.34. The Kier molecular flexibility index (Phi) is 1.85. The molecule has 0 amide bonds. The van der Waals surface area contributed by atoms with E-state index < -0.39 is 0 Å². The SMILES string of the molecule is Cc1ccc(Cl)c2ccc(=O)[nH]c12. The van der Waals surface area contributed by atoms with Crippen LogP contribution in [-0.4, -0.2) is 4.98 Å². The molecule has 1 N–H and O–H groups in total. The lowest BCUT2D eigenvalue weighted by atomic mass is 10.1. The average Bonchev–Trinajstić information content (AvgIpc) is 2.12. The van der Waals surface area contributed by atoms with E-state index in [1.807, 2.05) is 19.1 Å². The summed E-state index contributed by atoms with van der Waals surface area (Å²) in [6, 6.07) is 6.94. The number of benzene rings is 1. The minimum atomic E-state index is -0.0992. The first kappa shape index (κ1) is 8.32. The lowest BCUT2D eigenvalue weighted by Crippen LogP contribution is -2.03. The van der Waals surface area contributed by atoms with Gasteiger partial charge in [-0.1, -0.05) is 17.7 Å². The fourth-order valence-electron chi connectivity index (χ4n) is 1.36. The third-order valence-electron chi connectivity index (χ3n) is 2.05. The predicted molar refractivity (Wildman–Crippen MR) is 54.3 cm³/mol. The van der Waals surface area contributed by atoms with Gasteiger partial charge in [0.05, 0.1) is 5.52 Å². The molecule has 0 saturated heterocycles. The van der Waals surface area contributed by atoms with Gasteiger partial charge in [0.15, 0.2) is 0 Å². The van der Waals surface area contributed by atoms with Crippen LogP contribution in [0.15, 0.2) is 29.1 Å². The maximum atomic E-state index is 11.0. The van der Waals surface area contributed by atoms with E-state index in [-0.39, 0.29) is 5.56 Å². The Morgan fingerprint density at radius 2 is 2.00 bits per heavy atom. The summed E-state index contributed by atoms with van der Waals surface area (Å²) in [6.45, 7) is 1.94. The zero-order valence-corrected chi connectivity index (χ0v) is 7.85. The second-order valence-corrected chi connectivity index (χ2v) is 3.38. The molecule has 1 heterocycles. The van der Waals surface area contributed by atoms with Crippen LogP contribution in [-0.2, 0) is 0 Å². The highest BCUT2D eigenvalue weighted by Gasteiger charge is 2.01. The van der Waals surface area contributed by atoms with Crippen molar-refractivity contribution in [2.45, 2.75) is 6.92 Å². The van der Waals surface area contributed by atoms with Gasteiger partial charge in [-0.3, -0.25) is 4.79 Å². The maximum Gasteiger partial charge on any atom is 0.248 e. The van der Waals surface area contributed by atoms with Gasteiger partial charge in [0, 0.05) is 16.5 Å². The topological polar surface area (TPSA) is 32.9 Å². The number of nitrogens with one attached hydrogen (secondary N) is 1. The predicted octanol–water partition coefficient (Wildman–Crippen LogP) is 2.49. The first-order chi connectivity index (χ1) is 6.18. The summed E-state index contributed by atoms with van der Waals surface area (Å²) < 4.78 is 0. The number of pyridine rings is 1. The van der Waals surface area contributed by atoms with Crippen molar-refractivity contribution in [1.82, 2.24) is 4.98 Å². The van der Waals surface area contributed by atoms with E-state index in [2.05, 4.69) is 4.98 Å². The Hall–Kier alpha value is -1.28. The standard InChI is InChI=1S/C10H8ClNO/c1-6-2-4-8(11)7-3-5-9(13)12-10(6)7/h2-5H,1H3,(H,12,13). The molecule has 0 saturated carbocycles. The molecule has 0 aliphatic rings. The minimum Gasteiger partial charge on any atom is -0.322 e. The number of hydrogen-bond donors (Lipinski definition) is 1. The number of aromatic amines is 1. The van der Waals surface area contributed by atoms with E-state index in [4.69, 9.17) is 11.6 Å². The van der Waals surface area contributed by atoms with E-state index in [9.17, 15) is 4.79 Å². The van der Waals surface area contributed by atoms with Crippen LogP contribution in [0.1, 0.15) is 5.56 Å². The summed E-state index contributed by atoms with van der Waals surface area (Å²) in [5.74, 6) is 0. The van der Waals surface area contributed by atoms with Crippen LogP contribution >= 0.6 is 11.6 Å². The van der Waals surface area contributed by atoms with Crippen molar-refractivity contribution in [2.75, 3.05) is 0 Å². The second-order valence-electron chi connectivity index (χ2n) is 2.98. The Labute approximate surface area is 80.2 Å². The monoisotopic (exact) mass is 193 g/mol. The van der Waals surface area contributed by atoms with Gasteiger partial charge in [-0.25, -0.2) is 0 Å². The highest BCUT2D eigenvalue weighted by molar-refractivity contribution is 6.35. The summed E-state index contributed by atoms with van der Waals surface area (Å²) in [6.07, 6.45) is 0. The molecule has 1 aromatic heterocycles. The fraction of sp³-hybridized carbons (Fsp3) is 0.100. The highest BCUT2D eigenvalue weighted by Crippen LogP contribution is 2.22. The molecule has 2 aromatic rings. The number of hydrogen-bond acceptors (Lipinski definition) is 1. The van der Waals surface area contributed by atoms with Crippen molar-refractivity contribution in [1.29, 1.82) is 0 Å². The quantitative estimate of drug-likeness (QED) is 0.685. The lowest BCUT2D eigenvalue weighted by molar-refractivity contribution is 1.28. The summed E-state index contributed by atoms with van der Waals surface area (Å²) in [7, 11) is 0. The van der Waals surface area contributed by atoms with E-state index in [1.165, 1.54) is 6.07 Å². The van der Waals surface area contributed by atoms with Gasteiger partial charge in [0.1, 0.15) is 0 Å². The van der Waals surface area contributed by atoms with Gasteiger partial charge in [0.2, 0.25) is 5.56 Å². The number of aromatic nitrogens is 1. The van der Waals surface area contributed by atoms with E-state index in [0.29, 0.717) is 5.02 Å². The third kappa shape index (κ3) is 1.33. The zero-order valence-electron chi connectivity index (χ0n) is 7.10. The van der Waals surface area contributed by atoms with Crippen LogP contribution in [0.3, 0.4) is 0 Å². The molecule has 2 nitrogen and oxygen atoms in total. The molecule has 13 heavy (non-hydrogen) atoms. The Morgan fingerprint density at radius 1 is 1.23 bits per heavy atom. The van der Waals surface area contributed by atoms with E-state index in [0.717, 1.165) is 16.5 Å². The number of aryl methyl sites for hydroxylation is 1. The van der Waals surface area contributed by atoms with Crippen LogP contribution in [0.2, 0.25) is 5.02 Å². The lowest BCUT2D eigenvalue weighted by Gasteiger charge is -2.02. The smallest absolute Gasteiger partial charge is 0.248 e. The molecule has 2 rings (SSSR count). The van der Waals surface area contributed by atoms with Crippen molar-refractivity contribution in [3.63, 3.8) is 0 Å². The Morgan fingerprint density at radius 3 is 2.77 bits per heavy atom. The van der Waals surface area contributed by atoms with Gasteiger partial charge < -0.3 is 4.98 Å². The van der Waals surface area contributed by atoms with Crippen molar-refractivity contribution in [3.05, 3.63) is 45.2 Å². The van der Waals surface area contributed by atoms with Gasteiger partial charge in [-0.2, -0.15) is 0 Å². The average molecular weight is 194 g/mol. The molecule has 0 radical (unpaired) electrons. The summed E-state index contributed by atoms with van der Waals surface area (Å²) in [4.78, 5) is 13.8. The third-order valence-corrected chi connectivity index (χ3v) is 2.38. The van der Waals surface area contributed by atoms with Crippen LogP contribution in [0.5, 0.6) is 0 Å². The van der Waals surface area contributed by atoms with Crippen molar-refractivity contribution >= 4 is 22.5 Å². The van der Waals surface area contributed by atoms with Crippen molar-refractivity contribution in [2.24, 2.45) is 0 Å². The first-order valence-electron chi connectivity index (χ1n) is 3.96. The fourth-order valence-corrected chi connectivity index (χ4v) is 1.58. The molecular weight excluding hydrogens is 186 g/mol. The van der Waals surface area contributed by atoms with E-state index >= 15 is 0 Å². The van der Waals surface area contributed by atoms with Gasteiger partial charge in [0.25, 0.3) is 0 Å². The molecule has 0 unspecified atom stereocenters. The maximum absolute atomic E-state index is 11.0. The molecule has 1 aromatic carbocycles. The molecule has 0 aliphatic carbocycles. The molecule has 0 atom stereocenters. The summed E-state index contributed by atoms with van der Waals surface area (Å²) in [5, 5.41) is 1.55. The largest absolute Gasteiger partial charge is 0.322 e. The zero-order chi connectivity index (χ0) is 9.42. The Bertz CT molecular complexity index is 516. The van der Waals surface area contributed by atoms with Crippen LogP contribution < -0.4 is 5.56 Å². The van der Waals surface area contributed by atoms with E-state index in [1.54, 1.807) is 6.07 Å². The highest BCUT2D eigenvalue weighted by atomic mass is 35.5. The van der Waals surface area contributed by atoms with Gasteiger partial charge in [-0.05, 0) is 24.6 Å². The normalized spacial score (nSPS) is 10.6. The minimum absolute atomic E-state index is 0.0992. The molecule has 0 bridgehead atoms. The molecule has 0 fully saturated rings. The number of rotatable bonds is 0. The number of halogens is 1. The van der Waals surface area contributed by atoms with Crippen molar-refractivity contribution < 1.29 is 0 Å². The number of H-pyrrole nitrogens is 1. The van der Waals surface area contributed by atoms with Gasteiger partial charge in [-0.15, -0.1) is 0 Å².